The molecule has 6 heteroatoms. The van der Waals surface area contributed by atoms with Crippen LogP contribution in [0.2, 0.25) is 0 Å². The molecule has 0 aliphatic carbocycles. The summed E-state index contributed by atoms with van der Waals surface area (Å²) < 4.78 is 38.7. The van der Waals surface area contributed by atoms with Gasteiger partial charge >= 0.3 is 6.18 Å². The van der Waals surface area contributed by atoms with Gasteiger partial charge in [0.25, 0.3) is 0 Å². The van der Waals surface area contributed by atoms with Crippen molar-refractivity contribution >= 4 is 11.6 Å². The number of aromatic nitrogens is 1. The van der Waals surface area contributed by atoms with Gasteiger partial charge in [0.05, 0.1) is 5.56 Å². The lowest BCUT2D eigenvalue weighted by atomic mass is 10.0. The first kappa shape index (κ1) is 14.9. The number of nitrogens with zero attached hydrogens (tertiary/aromatic N) is 2. The molecule has 0 saturated carbocycles. The molecule has 2 rings (SSSR count). The molecule has 0 bridgehead atoms. The van der Waals surface area contributed by atoms with Gasteiger partial charge in [-0.2, -0.15) is 13.2 Å². The van der Waals surface area contributed by atoms with E-state index in [9.17, 15) is 13.2 Å². The fourth-order valence-corrected chi connectivity index (χ4v) is 2.65. The van der Waals surface area contributed by atoms with Gasteiger partial charge in [0.1, 0.15) is 11.6 Å². The van der Waals surface area contributed by atoms with Crippen LogP contribution in [-0.4, -0.2) is 25.1 Å². The van der Waals surface area contributed by atoms with E-state index in [0.29, 0.717) is 11.7 Å². The predicted octanol–water partition coefficient (Wildman–Crippen LogP) is 3.77. The fraction of sp³-hybridized carbons (Fsp3) is 0.643. The first-order valence-corrected chi connectivity index (χ1v) is 6.96. The second kappa shape index (κ2) is 5.89. The highest BCUT2D eigenvalue weighted by atomic mass is 19.4. The molecular formula is C14H20F3N3. The van der Waals surface area contributed by atoms with Crippen molar-refractivity contribution in [2.75, 3.05) is 30.4 Å². The van der Waals surface area contributed by atoms with Crippen LogP contribution in [-0.2, 0) is 6.18 Å². The predicted molar refractivity (Wildman–Crippen MR) is 74.0 cm³/mol. The van der Waals surface area contributed by atoms with E-state index in [1.165, 1.54) is 0 Å². The van der Waals surface area contributed by atoms with Crippen LogP contribution in [0.5, 0.6) is 0 Å². The summed E-state index contributed by atoms with van der Waals surface area (Å²) in [6.45, 7) is 3.71. The van der Waals surface area contributed by atoms with Gasteiger partial charge in [-0.25, -0.2) is 4.98 Å². The smallest absolute Gasteiger partial charge is 0.373 e. The average Bonchev–Trinajstić information content (AvgIpc) is 2.86. The minimum absolute atomic E-state index is 0.258. The van der Waals surface area contributed by atoms with E-state index < -0.39 is 11.7 Å². The summed E-state index contributed by atoms with van der Waals surface area (Å²) in [5, 5.41) is 2.70. The Labute approximate surface area is 117 Å². The normalized spacial score (nSPS) is 19.4. The van der Waals surface area contributed by atoms with E-state index in [1.54, 1.807) is 7.05 Å². The van der Waals surface area contributed by atoms with Crippen molar-refractivity contribution in [1.82, 2.24) is 4.98 Å². The zero-order valence-electron chi connectivity index (χ0n) is 11.8. The zero-order valence-corrected chi connectivity index (χ0v) is 11.8. The molecule has 0 amide bonds. The molecule has 1 unspecified atom stereocenters. The molecule has 112 valence electrons. The van der Waals surface area contributed by atoms with Crippen molar-refractivity contribution in [2.45, 2.75) is 32.4 Å². The van der Waals surface area contributed by atoms with Gasteiger partial charge in [0.2, 0.25) is 0 Å². The minimum Gasteiger partial charge on any atom is -0.373 e. The molecule has 1 aliphatic heterocycles. The van der Waals surface area contributed by atoms with Crippen LogP contribution < -0.4 is 10.2 Å². The van der Waals surface area contributed by atoms with Crippen molar-refractivity contribution in [2.24, 2.45) is 5.92 Å². The van der Waals surface area contributed by atoms with E-state index in [0.717, 1.165) is 44.5 Å². The molecule has 1 N–H and O–H groups in total. The lowest BCUT2D eigenvalue weighted by Crippen LogP contribution is -2.22. The van der Waals surface area contributed by atoms with E-state index in [2.05, 4.69) is 17.2 Å². The Morgan fingerprint density at radius 2 is 2.15 bits per heavy atom. The lowest BCUT2D eigenvalue weighted by Gasteiger charge is -2.20. The maximum absolute atomic E-state index is 12.9. The Kier molecular flexibility index (Phi) is 4.40. The highest BCUT2D eigenvalue weighted by Crippen LogP contribution is 2.34. The van der Waals surface area contributed by atoms with Crippen molar-refractivity contribution in [3.8, 4) is 0 Å². The molecule has 3 nitrogen and oxygen atoms in total. The van der Waals surface area contributed by atoms with E-state index in [1.807, 2.05) is 4.90 Å². The Morgan fingerprint density at radius 3 is 2.75 bits per heavy atom. The second-order valence-corrected chi connectivity index (χ2v) is 5.24. The summed E-state index contributed by atoms with van der Waals surface area (Å²) in [6.07, 6.45) is -1.09. The average molecular weight is 287 g/mol. The third-order valence-corrected chi connectivity index (χ3v) is 3.70. The number of anilines is 2. The maximum Gasteiger partial charge on any atom is 0.416 e. The minimum atomic E-state index is -4.34. The molecule has 0 spiro atoms. The summed E-state index contributed by atoms with van der Waals surface area (Å²) in [6, 6.07) is 2.19. The zero-order chi connectivity index (χ0) is 14.8. The Hall–Kier alpha value is -1.46. The molecule has 0 aromatic carbocycles. The van der Waals surface area contributed by atoms with Crippen LogP contribution in [0.4, 0.5) is 24.8 Å². The summed E-state index contributed by atoms with van der Waals surface area (Å²) >= 11 is 0. The van der Waals surface area contributed by atoms with Crippen molar-refractivity contribution < 1.29 is 13.2 Å². The number of hydrogen-bond donors (Lipinski definition) is 1. The number of pyridine rings is 1. The van der Waals surface area contributed by atoms with Gasteiger partial charge in [0, 0.05) is 20.1 Å². The van der Waals surface area contributed by atoms with Crippen molar-refractivity contribution in [3.63, 3.8) is 0 Å². The highest BCUT2D eigenvalue weighted by molar-refractivity contribution is 5.51. The summed E-state index contributed by atoms with van der Waals surface area (Å²) in [5.41, 5.74) is -0.647. The van der Waals surface area contributed by atoms with Gasteiger partial charge in [-0.05, 0) is 30.9 Å². The van der Waals surface area contributed by atoms with Crippen molar-refractivity contribution in [3.05, 3.63) is 17.7 Å². The van der Waals surface area contributed by atoms with Crippen LogP contribution in [0, 0.1) is 5.92 Å². The lowest BCUT2D eigenvalue weighted by molar-refractivity contribution is -0.137. The molecule has 1 aromatic heterocycles. The molecule has 1 aliphatic rings. The third-order valence-electron chi connectivity index (χ3n) is 3.70. The maximum atomic E-state index is 12.9. The summed E-state index contributed by atoms with van der Waals surface area (Å²) in [5.74, 6) is 1.24. The molecule has 1 saturated heterocycles. The summed E-state index contributed by atoms with van der Waals surface area (Å²) in [4.78, 5) is 6.21. The largest absolute Gasteiger partial charge is 0.416 e. The van der Waals surface area contributed by atoms with E-state index in [-0.39, 0.29) is 5.82 Å². The fourth-order valence-electron chi connectivity index (χ4n) is 2.65. The van der Waals surface area contributed by atoms with Gasteiger partial charge in [-0.3, -0.25) is 0 Å². The molecule has 1 atom stereocenters. The first-order valence-electron chi connectivity index (χ1n) is 6.96. The summed E-state index contributed by atoms with van der Waals surface area (Å²) in [7, 11) is 1.58. The number of halogens is 3. The van der Waals surface area contributed by atoms with Crippen LogP contribution in [0.15, 0.2) is 12.1 Å². The van der Waals surface area contributed by atoms with E-state index >= 15 is 0 Å². The number of hydrogen-bond acceptors (Lipinski definition) is 3. The standard InChI is InChI=1S/C14H20F3N3/c1-3-4-10-5-6-20(9-10)13-8-11(14(15,16)17)7-12(18-2)19-13/h7-8,10H,3-6,9H2,1-2H3,(H,18,19). The topological polar surface area (TPSA) is 28.2 Å². The molecule has 1 aromatic rings. The van der Waals surface area contributed by atoms with Gasteiger partial charge in [0.15, 0.2) is 0 Å². The molecule has 2 heterocycles. The molecule has 0 radical (unpaired) electrons. The molecule has 20 heavy (non-hydrogen) atoms. The Bertz CT molecular complexity index is 459. The van der Waals surface area contributed by atoms with Gasteiger partial charge in [-0.1, -0.05) is 13.3 Å². The van der Waals surface area contributed by atoms with E-state index in [4.69, 9.17) is 0 Å². The monoisotopic (exact) mass is 287 g/mol. The SMILES string of the molecule is CCCC1CCN(c2cc(C(F)(F)F)cc(NC)n2)C1. The van der Waals surface area contributed by atoms with Crippen LogP contribution in [0.25, 0.3) is 0 Å². The Morgan fingerprint density at radius 1 is 1.40 bits per heavy atom. The van der Waals surface area contributed by atoms with Crippen LogP contribution in [0.1, 0.15) is 31.7 Å². The first-order chi connectivity index (χ1) is 9.44. The molecule has 1 fully saturated rings. The van der Waals surface area contributed by atoms with Gasteiger partial charge < -0.3 is 10.2 Å². The second-order valence-electron chi connectivity index (χ2n) is 5.24. The van der Waals surface area contributed by atoms with Crippen LogP contribution in [0.3, 0.4) is 0 Å². The number of rotatable bonds is 4. The Balaban J connectivity index is 2.23. The molecular weight excluding hydrogens is 267 g/mol. The number of nitrogens with one attached hydrogen (secondary N) is 1. The third kappa shape index (κ3) is 3.35. The quantitative estimate of drug-likeness (QED) is 0.913. The van der Waals surface area contributed by atoms with Crippen LogP contribution >= 0.6 is 0 Å². The van der Waals surface area contributed by atoms with Gasteiger partial charge in [-0.15, -0.1) is 0 Å². The van der Waals surface area contributed by atoms with Crippen molar-refractivity contribution in [1.29, 1.82) is 0 Å². The number of alkyl halides is 3. The highest BCUT2D eigenvalue weighted by Gasteiger charge is 2.33.